The van der Waals surface area contributed by atoms with E-state index in [0.29, 0.717) is 0 Å². The van der Waals surface area contributed by atoms with Crippen LogP contribution in [0.4, 0.5) is 11.4 Å². The molecule has 0 bridgehead atoms. The standard InChI is InChI=1S/C31H40Cl2N6/c1-9-38(17-26-20(3)34-28-13-11-22(36(5)6)15-24(28)30(26)32)19-39(10-2)18-27-21(4)35-29-14-12-23(37(7)8)16-25(29)31(27)33/h11-16H,9-10,17-19H2,1-8H3. The second-order valence-corrected chi connectivity index (χ2v) is 11.4. The second-order valence-electron chi connectivity index (χ2n) is 10.6. The second kappa shape index (κ2) is 12.3. The Morgan fingerprint density at radius 2 is 1.03 bits per heavy atom. The summed E-state index contributed by atoms with van der Waals surface area (Å²) in [5.74, 6) is 0. The van der Waals surface area contributed by atoms with Gasteiger partial charge >= 0.3 is 0 Å². The fraction of sp³-hybridized carbons (Fsp3) is 0.419. The van der Waals surface area contributed by atoms with E-state index in [-0.39, 0.29) is 0 Å². The van der Waals surface area contributed by atoms with Gasteiger partial charge in [-0.05, 0) is 63.3 Å². The molecule has 0 amide bonds. The van der Waals surface area contributed by atoms with E-state index in [2.05, 4.69) is 83.7 Å². The Morgan fingerprint density at radius 3 is 1.36 bits per heavy atom. The molecule has 4 rings (SSSR count). The highest BCUT2D eigenvalue weighted by molar-refractivity contribution is 6.36. The lowest BCUT2D eigenvalue weighted by atomic mass is 10.1. The van der Waals surface area contributed by atoms with Crippen LogP contribution >= 0.6 is 23.2 Å². The fourth-order valence-corrected chi connectivity index (χ4v) is 5.61. The van der Waals surface area contributed by atoms with Gasteiger partial charge in [0, 0.05) is 85.9 Å². The van der Waals surface area contributed by atoms with Gasteiger partial charge in [0.1, 0.15) is 0 Å². The van der Waals surface area contributed by atoms with Crippen molar-refractivity contribution in [2.45, 2.75) is 40.8 Å². The van der Waals surface area contributed by atoms with Gasteiger partial charge in [0.15, 0.2) is 0 Å². The van der Waals surface area contributed by atoms with Crippen molar-refractivity contribution in [3.05, 3.63) is 69.0 Å². The van der Waals surface area contributed by atoms with E-state index in [0.717, 1.165) is 98.6 Å². The van der Waals surface area contributed by atoms with Crippen LogP contribution in [0.1, 0.15) is 36.4 Å². The molecule has 0 fully saturated rings. The van der Waals surface area contributed by atoms with Crippen molar-refractivity contribution < 1.29 is 0 Å². The summed E-state index contributed by atoms with van der Waals surface area (Å²) in [6.07, 6.45) is 0. The average Bonchev–Trinajstić information content (AvgIpc) is 2.91. The van der Waals surface area contributed by atoms with Gasteiger partial charge in [-0.1, -0.05) is 37.0 Å². The molecule has 2 aromatic heterocycles. The largest absolute Gasteiger partial charge is 0.378 e. The van der Waals surface area contributed by atoms with E-state index < -0.39 is 0 Å². The molecule has 208 valence electrons. The summed E-state index contributed by atoms with van der Waals surface area (Å²) in [7, 11) is 8.15. The number of aromatic nitrogens is 2. The highest BCUT2D eigenvalue weighted by Crippen LogP contribution is 2.33. The monoisotopic (exact) mass is 566 g/mol. The molecule has 2 heterocycles. The third-order valence-electron chi connectivity index (χ3n) is 7.50. The van der Waals surface area contributed by atoms with Crippen LogP contribution in [0.3, 0.4) is 0 Å². The molecule has 0 spiro atoms. The Morgan fingerprint density at radius 1 is 0.641 bits per heavy atom. The normalized spacial score (nSPS) is 11.8. The SMILES string of the molecule is CCN(Cc1c(C)nc2ccc(N(C)C)cc2c1Cl)CN(CC)Cc1c(C)nc2ccc(N(C)C)cc2c1Cl. The minimum Gasteiger partial charge on any atom is -0.378 e. The summed E-state index contributed by atoms with van der Waals surface area (Å²) in [6, 6.07) is 12.5. The van der Waals surface area contributed by atoms with Crippen LogP contribution in [0.2, 0.25) is 10.0 Å². The van der Waals surface area contributed by atoms with Crippen LogP contribution in [-0.4, -0.2) is 67.7 Å². The van der Waals surface area contributed by atoms with Gasteiger partial charge in [-0.2, -0.15) is 0 Å². The van der Waals surface area contributed by atoms with Crippen molar-refractivity contribution in [3.8, 4) is 0 Å². The maximum absolute atomic E-state index is 7.03. The van der Waals surface area contributed by atoms with Crippen LogP contribution in [-0.2, 0) is 13.1 Å². The Bertz CT molecular complexity index is 1370. The van der Waals surface area contributed by atoms with Gasteiger partial charge in [0.25, 0.3) is 0 Å². The minimum absolute atomic E-state index is 0.724. The molecule has 0 unspecified atom stereocenters. The molecule has 0 N–H and O–H groups in total. The number of hydrogen-bond donors (Lipinski definition) is 0. The van der Waals surface area contributed by atoms with Crippen molar-refractivity contribution in [1.82, 2.24) is 19.8 Å². The first-order chi connectivity index (χ1) is 18.5. The zero-order valence-electron chi connectivity index (χ0n) is 24.4. The number of halogens is 2. The highest BCUT2D eigenvalue weighted by Gasteiger charge is 2.19. The number of fused-ring (bicyclic) bond motifs is 2. The number of nitrogens with zero attached hydrogens (tertiary/aromatic N) is 6. The van der Waals surface area contributed by atoms with E-state index in [9.17, 15) is 0 Å². The summed E-state index contributed by atoms with van der Waals surface area (Å²) >= 11 is 14.1. The highest BCUT2D eigenvalue weighted by atomic mass is 35.5. The van der Waals surface area contributed by atoms with Gasteiger partial charge in [-0.15, -0.1) is 0 Å². The molecule has 0 atom stereocenters. The predicted molar refractivity (Wildman–Crippen MR) is 169 cm³/mol. The molecule has 6 nitrogen and oxygen atoms in total. The first kappa shape index (κ1) is 29.3. The van der Waals surface area contributed by atoms with E-state index in [1.807, 2.05) is 28.2 Å². The van der Waals surface area contributed by atoms with Crippen molar-refractivity contribution in [2.24, 2.45) is 0 Å². The Labute approximate surface area is 243 Å². The van der Waals surface area contributed by atoms with Crippen LogP contribution < -0.4 is 9.80 Å². The summed E-state index contributed by atoms with van der Waals surface area (Å²) in [5, 5.41) is 3.57. The first-order valence-electron chi connectivity index (χ1n) is 13.5. The molecule has 0 radical (unpaired) electrons. The zero-order valence-corrected chi connectivity index (χ0v) is 26.0. The van der Waals surface area contributed by atoms with Gasteiger partial charge < -0.3 is 9.80 Å². The number of aryl methyl sites for hydroxylation is 2. The molecule has 39 heavy (non-hydrogen) atoms. The molecular weight excluding hydrogens is 527 g/mol. The molecule has 4 aromatic rings. The van der Waals surface area contributed by atoms with Crippen LogP contribution in [0.15, 0.2) is 36.4 Å². The van der Waals surface area contributed by atoms with Crippen molar-refractivity contribution in [2.75, 3.05) is 57.7 Å². The van der Waals surface area contributed by atoms with Gasteiger partial charge in [0.2, 0.25) is 0 Å². The fourth-order valence-electron chi connectivity index (χ4n) is 4.91. The Hall–Kier alpha value is -2.64. The smallest absolute Gasteiger partial charge is 0.0721 e. The maximum Gasteiger partial charge on any atom is 0.0721 e. The third kappa shape index (κ3) is 6.25. The van der Waals surface area contributed by atoms with Crippen LogP contribution in [0.5, 0.6) is 0 Å². The molecule has 0 saturated heterocycles. The summed E-state index contributed by atoms with van der Waals surface area (Å²) in [5.41, 5.74) is 8.18. The lowest BCUT2D eigenvalue weighted by molar-refractivity contribution is 0.129. The molecule has 0 aliphatic carbocycles. The quantitative estimate of drug-likeness (QED) is 0.190. The van der Waals surface area contributed by atoms with Gasteiger partial charge in [-0.25, -0.2) is 0 Å². The summed E-state index contributed by atoms with van der Waals surface area (Å²) < 4.78 is 0. The number of pyridine rings is 2. The van der Waals surface area contributed by atoms with E-state index in [1.54, 1.807) is 0 Å². The average molecular weight is 568 g/mol. The van der Waals surface area contributed by atoms with Crippen molar-refractivity contribution >= 4 is 56.4 Å². The lowest BCUT2D eigenvalue weighted by Gasteiger charge is -2.30. The van der Waals surface area contributed by atoms with Crippen molar-refractivity contribution in [3.63, 3.8) is 0 Å². The zero-order chi connectivity index (χ0) is 28.4. The van der Waals surface area contributed by atoms with Crippen molar-refractivity contribution in [1.29, 1.82) is 0 Å². The number of benzene rings is 2. The Kier molecular flexibility index (Phi) is 9.22. The molecule has 0 aliphatic rings. The van der Waals surface area contributed by atoms with Gasteiger partial charge in [-0.3, -0.25) is 19.8 Å². The number of hydrogen-bond acceptors (Lipinski definition) is 6. The van der Waals surface area contributed by atoms with E-state index >= 15 is 0 Å². The van der Waals surface area contributed by atoms with E-state index in [4.69, 9.17) is 33.2 Å². The summed E-state index contributed by atoms with van der Waals surface area (Å²) in [6.45, 7) is 12.5. The van der Waals surface area contributed by atoms with Crippen LogP contribution in [0, 0.1) is 13.8 Å². The maximum atomic E-state index is 7.03. The Balaban J connectivity index is 1.60. The molecule has 8 heteroatoms. The van der Waals surface area contributed by atoms with E-state index in [1.165, 1.54) is 0 Å². The number of anilines is 2. The molecule has 0 aliphatic heterocycles. The van der Waals surface area contributed by atoms with Gasteiger partial charge in [0.05, 0.1) is 27.7 Å². The summed E-state index contributed by atoms with van der Waals surface area (Å²) in [4.78, 5) is 18.8. The predicted octanol–water partition coefficient (Wildman–Crippen LogP) is 7.14. The molecule has 2 aromatic carbocycles. The number of rotatable bonds is 10. The topological polar surface area (TPSA) is 38.7 Å². The first-order valence-corrected chi connectivity index (χ1v) is 14.3. The minimum atomic E-state index is 0.724. The van der Waals surface area contributed by atoms with Crippen LogP contribution in [0.25, 0.3) is 21.8 Å². The molecular formula is C31H40Cl2N6. The molecule has 0 saturated carbocycles. The lowest BCUT2D eigenvalue weighted by Crippen LogP contribution is -2.37. The third-order valence-corrected chi connectivity index (χ3v) is 8.37.